The van der Waals surface area contributed by atoms with Crippen molar-refractivity contribution in [1.82, 2.24) is 9.54 Å². The summed E-state index contributed by atoms with van der Waals surface area (Å²) in [5.74, 6) is -1.97. The second kappa shape index (κ2) is 6.25. The molecular formula is C18H18BF2N3O4. The van der Waals surface area contributed by atoms with E-state index in [0.717, 1.165) is 14.5 Å². The molecule has 0 unspecified atom stereocenters. The number of aryl methyl sites for hydroxylation is 1. The smallest absolute Gasteiger partial charge is 0.394 e. The van der Waals surface area contributed by atoms with Gasteiger partial charge in [0.05, 0.1) is 6.42 Å². The van der Waals surface area contributed by atoms with Crippen LogP contribution in [-0.4, -0.2) is 44.5 Å². The van der Waals surface area contributed by atoms with Gasteiger partial charge in [0, 0.05) is 43.2 Å². The lowest BCUT2D eigenvalue weighted by Gasteiger charge is -2.31. The first-order valence-corrected chi connectivity index (χ1v) is 9.02. The Labute approximate surface area is 159 Å². The van der Waals surface area contributed by atoms with E-state index in [1.807, 2.05) is 0 Å². The van der Waals surface area contributed by atoms with Crippen LogP contribution in [0.1, 0.15) is 44.5 Å². The Kier molecular flexibility index (Phi) is 4.09. The number of carbonyl (C=O) groups is 3. The number of amides is 2. The second-order valence-electron chi connectivity index (χ2n) is 7.12. The van der Waals surface area contributed by atoms with Crippen molar-refractivity contribution in [3.05, 3.63) is 40.9 Å². The molecule has 28 heavy (non-hydrogen) atoms. The number of fused-ring (bicyclic) bond motifs is 2. The van der Waals surface area contributed by atoms with Gasteiger partial charge in [0.25, 0.3) is 11.8 Å². The molecule has 3 aliphatic heterocycles. The molecule has 4 heterocycles. The maximum Gasteiger partial charge on any atom is 0.737 e. The number of nitrogens with zero attached hydrogens (tertiary/aromatic N) is 3. The van der Waals surface area contributed by atoms with Gasteiger partial charge < -0.3 is 22.4 Å². The summed E-state index contributed by atoms with van der Waals surface area (Å²) in [6.45, 7) is -0.672. The third-order valence-corrected chi connectivity index (χ3v) is 5.19. The van der Waals surface area contributed by atoms with Crippen molar-refractivity contribution in [3.63, 3.8) is 0 Å². The first kappa shape index (κ1) is 18.3. The number of allylic oxidation sites excluding steroid dienone is 2. The molecule has 1 aromatic heterocycles. The Morgan fingerprint density at radius 1 is 1.18 bits per heavy atom. The van der Waals surface area contributed by atoms with Crippen molar-refractivity contribution in [2.75, 3.05) is 0 Å². The lowest BCUT2D eigenvalue weighted by Crippen LogP contribution is -2.50. The molecule has 10 heteroatoms. The quantitative estimate of drug-likeness (QED) is 0.584. The molecule has 0 atom stereocenters. The van der Waals surface area contributed by atoms with E-state index in [0.29, 0.717) is 22.2 Å². The minimum atomic E-state index is -4.10. The lowest BCUT2D eigenvalue weighted by atomic mass is 9.89. The number of carbonyl (C=O) groups excluding carboxylic acids is 3. The molecule has 7 nitrogen and oxygen atoms in total. The molecule has 4 rings (SSSR count). The molecule has 1 saturated heterocycles. The predicted molar refractivity (Wildman–Crippen MR) is 96.0 cm³/mol. The first-order valence-electron chi connectivity index (χ1n) is 9.02. The largest absolute Gasteiger partial charge is 0.737 e. The number of hydrogen-bond donors (Lipinski definition) is 0. The van der Waals surface area contributed by atoms with Crippen LogP contribution in [0.3, 0.4) is 0 Å². The van der Waals surface area contributed by atoms with Gasteiger partial charge in [-0.2, -0.15) is 0 Å². The molecule has 0 N–H and O–H groups in total. The van der Waals surface area contributed by atoms with Crippen LogP contribution in [0.25, 0.3) is 6.08 Å². The van der Waals surface area contributed by atoms with Gasteiger partial charge in [-0.05, 0) is 31.2 Å². The molecular weight excluding hydrogens is 371 g/mol. The molecule has 0 spiro atoms. The standard InChI is InChI=1S/C18H18BF2N3O4/c1-11-9-12(2)22-15(11)10-14-4-3-13(23(14)19(22,20)21)5-8-18(27)28-24-16(25)6-7-17(24)26/h3-4,9-10H,5-8H2,1-2H3. The van der Waals surface area contributed by atoms with E-state index < -0.39 is 24.8 Å². The van der Waals surface area contributed by atoms with Crippen LogP contribution in [0.4, 0.5) is 8.63 Å². The maximum absolute atomic E-state index is 15.3. The average Bonchev–Trinajstić information content (AvgIpc) is 3.26. The van der Waals surface area contributed by atoms with Gasteiger partial charge in [-0.1, -0.05) is 0 Å². The molecule has 2 amide bonds. The highest BCUT2D eigenvalue weighted by molar-refractivity contribution is 6.58. The van der Waals surface area contributed by atoms with Crippen molar-refractivity contribution >= 4 is 36.5 Å². The Bertz CT molecular complexity index is 1010. The Balaban J connectivity index is 1.54. The van der Waals surface area contributed by atoms with Gasteiger partial charge in [0.15, 0.2) is 5.70 Å². The molecule has 1 fully saturated rings. The Hall–Kier alpha value is -3.04. The van der Waals surface area contributed by atoms with E-state index in [1.165, 1.54) is 0 Å². The maximum atomic E-state index is 15.3. The number of hydrogen-bond acceptors (Lipinski definition) is 4. The van der Waals surface area contributed by atoms with E-state index in [9.17, 15) is 14.4 Å². The summed E-state index contributed by atoms with van der Waals surface area (Å²) in [6.07, 6.45) is 3.18. The number of imide groups is 1. The highest BCUT2D eigenvalue weighted by Gasteiger charge is 2.52. The third kappa shape index (κ3) is 2.71. The average molecular weight is 389 g/mol. The number of hydroxylamine groups is 2. The fraction of sp³-hybridized carbons (Fsp3) is 0.333. The van der Waals surface area contributed by atoms with E-state index in [4.69, 9.17) is 4.84 Å². The summed E-state index contributed by atoms with van der Waals surface area (Å²) in [5, 5.41) is 0.459. The third-order valence-electron chi connectivity index (χ3n) is 5.19. The van der Waals surface area contributed by atoms with Crippen LogP contribution in [0.15, 0.2) is 29.5 Å². The van der Waals surface area contributed by atoms with E-state index >= 15 is 8.63 Å². The normalized spacial score (nSPS) is 20.2. The Morgan fingerprint density at radius 3 is 2.54 bits per heavy atom. The Morgan fingerprint density at radius 2 is 1.86 bits per heavy atom. The van der Waals surface area contributed by atoms with Crippen LogP contribution >= 0.6 is 0 Å². The van der Waals surface area contributed by atoms with Crippen molar-refractivity contribution < 1.29 is 32.3 Å². The van der Waals surface area contributed by atoms with Crippen LogP contribution < -0.4 is 0 Å². The van der Waals surface area contributed by atoms with E-state index in [1.54, 1.807) is 38.1 Å². The molecule has 3 aliphatic rings. The highest BCUT2D eigenvalue weighted by atomic mass is 19.2. The zero-order valence-electron chi connectivity index (χ0n) is 15.4. The fourth-order valence-electron chi connectivity index (χ4n) is 3.93. The molecule has 0 aromatic carbocycles. The summed E-state index contributed by atoms with van der Waals surface area (Å²) in [6, 6.07) is 3.15. The fourth-order valence-corrected chi connectivity index (χ4v) is 3.93. The van der Waals surface area contributed by atoms with Crippen LogP contribution in [0.5, 0.6) is 0 Å². The summed E-state index contributed by atoms with van der Waals surface area (Å²) >= 11 is 0. The van der Waals surface area contributed by atoms with Crippen molar-refractivity contribution in [2.45, 2.75) is 39.5 Å². The minimum Gasteiger partial charge on any atom is -0.394 e. The van der Waals surface area contributed by atoms with Gasteiger partial charge in [-0.25, -0.2) is 4.79 Å². The molecule has 1 aromatic rings. The summed E-state index contributed by atoms with van der Waals surface area (Å²) in [5.41, 5.74) is 2.36. The van der Waals surface area contributed by atoms with Crippen molar-refractivity contribution in [3.8, 4) is 0 Å². The highest BCUT2D eigenvalue weighted by Crippen LogP contribution is 2.35. The zero-order valence-corrected chi connectivity index (χ0v) is 15.4. The van der Waals surface area contributed by atoms with Crippen LogP contribution in [-0.2, 0) is 25.6 Å². The second-order valence-corrected chi connectivity index (χ2v) is 7.12. The first-order chi connectivity index (χ1) is 13.2. The topological polar surface area (TPSA) is 71.6 Å². The van der Waals surface area contributed by atoms with Crippen molar-refractivity contribution in [2.24, 2.45) is 0 Å². The minimum absolute atomic E-state index is 0.000866. The summed E-state index contributed by atoms with van der Waals surface area (Å²) in [4.78, 5) is 39.8. The number of aromatic nitrogens is 1. The molecule has 0 bridgehead atoms. The summed E-state index contributed by atoms with van der Waals surface area (Å²) in [7, 11) is 0. The van der Waals surface area contributed by atoms with Crippen LogP contribution in [0, 0.1) is 0 Å². The predicted octanol–water partition coefficient (Wildman–Crippen LogP) is 2.04. The molecule has 146 valence electrons. The van der Waals surface area contributed by atoms with Crippen LogP contribution in [0.2, 0.25) is 0 Å². The van der Waals surface area contributed by atoms with E-state index in [-0.39, 0.29) is 31.4 Å². The number of rotatable bonds is 4. The van der Waals surface area contributed by atoms with Gasteiger partial charge in [-0.3, -0.25) is 9.59 Å². The number of halogens is 2. The van der Waals surface area contributed by atoms with Gasteiger partial charge in [-0.15, -0.1) is 5.06 Å². The zero-order chi connectivity index (χ0) is 20.2. The monoisotopic (exact) mass is 389 g/mol. The summed E-state index contributed by atoms with van der Waals surface area (Å²) < 4.78 is 32.5. The molecule has 0 aliphatic carbocycles. The molecule has 0 saturated carbocycles. The lowest BCUT2D eigenvalue weighted by molar-refractivity contribution is -0.362. The van der Waals surface area contributed by atoms with E-state index in [2.05, 4.69) is 0 Å². The van der Waals surface area contributed by atoms with Gasteiger partial charge in [0.2, 0.25) is 0 Å². The van der Waals surface area contributed by atoms with Gasteiger partial charge in [0.1, 0.15) is 5.71 Å². The van der Waals surface area contributed by atoms with Gasteiger partial charge >= 0.3 is 12.9 Å². The van der Waals surface area contributed by atoms with Crippen molar-refractivity contribution in [1.29, 1.82) is 0 Å². The SMILES string of the molecule is CC1=CC(C)=[N+]2C1=Cc1ccc(CCC(=O)ON3C(=O)CCC3=O)n1[B-]2(F)F. The molecule has 0 radical (unpaired) electrons.